The SMILES string of the molecule is CN(C)CCNC(=O)c1coc(CN(Cc2cccc(C(F)(F)F)c2)Cc2ccccc2Cl)n1. The van der Waals surface area contributed by atoms with Crippen molar-refractivity contribution in [3.8, 4) is 0 Å². The third-order valence-electron chi connectivity index (χ3n) is 5.00. The molecule has 0 saturated carbocycles. The van der Waals surface area contributed by atoms with Gasteiger partial charge >= 0.3 is 6.18 Å². The summed E-state index contributed by atoms with van der Waals surface area (Å²) in [6.45, 7) is 1.86. The number of carbonyl (C=O) groups is 1. The molecule has 3 aromatic rings. The highest BCUT2D eigenvalue weighted by Crippen LogP contribution is 2.30. The first-order valence-electron chi connectivity index (χ1n) is 10.6. The average molecular weight is 495 g/mol. The molecule has 6 nitrogen and oxygen atoms in total. The molecule has 0 bridgehead atoms. The predicted molar refractivity (Wildman–Crippen MR) is 123 cm³/mol. The minimum absolute atomic E-state index is 0.144. The summed E-state index contributed by atoms with van der Waals surface area (Å²) in [5, 5.41) is 3.31. The third kappa shape index (κ3) is 7.58. The quantitative estimate of drug-likeness (QED) is 0.437. The van der Waals surface area contributed by atoms with Gasteiger partial charge in [0.15, 0.2) is 5.69 Å². The molecule has 0 radical (unpaired) electrons. The van der Waals surface area contributed by atoms with E-state index in [-0.39, 0.29) is 30.6 Å². The van der Waals surface area contributed by atoms with E-state index in [1.807, 2.05) is 36.0 Å². The number of alkyl halides is 3. The normalized spacial score (nSPS) is 11.9. The van der Waals surface area contributed by atoms with Crippen molar-refractivity contribution in [1.29, 1.82) is 0 Å². The Bertz CT molecular complexity index is 1100. The van der Waals surface area contributed by atoms with E-state index < -0.39 is 11.7 Å². The largest absolute Gasteiger partial charge is 0.447 e. The molecule has 1 amide bonds. The lowest BCUT2D eigenvalue weighted by Gasteiger charge is -2.22. The lowest BCUT2D eigenvalue weighted by Crippen LogP contribution is -2.31. The van der Waals surface area contributed by atoms with Crippen LogP contribution in [0.25, 0.3) is 0 Å². The Morgan fingerprint density at radius 3 is 2.56 bits per heavy atom. The van der Waals surface area contributed by atoms with Crippen LogP contribution in [0.1, 0.15) is 33.1 Å². The van der Waals surface area contributed by atoms with Crippen molar-refractivity contribution >= 4 is 17.5 Å². The Kier molecular flexibility index (Phi) is 8.71. The van der Waals surface area contributed by atoms with E-state index in [1.54, 1.807) is 18.2 Å². The van der Waals surface area contributed by atoms with Gasteiger partial charge < -0.3 is 14.6 Å². The molecule has 3 rings (SSSR count). The maximum atomic E-state index is 13.2. The number of carbonyl (C=O) groups excluding carboxylic acids is 1. The predicted octanol–water partition coefficient (Wildman–Crippen LogP) is 4.84. The Balaban J connectivity index is 1.76. The molecule has 2 aromatic carbocycles. The highest BCUT2D eigenvalue weighted by atomic mass is 35.5. The number of likely N-dealkylation sites (N-methyl/N-ethyl adjacent to an activating group) is 1. The van der Waals surface area contributed by atoms with Crippen LogP contribution in [-0.2, 0) is 25.8 Å². The molecule has 34 heavy (non-hydrogen) atoms. The fourth-order valence-corrected chi connectivity index (χ4v) is 3.50. The van der Waals surface area contributed by atoms with E-state index in [1.165, 1.54) is 12.3 Å². The lowest BCUT2D eigenvalue weighted by molar-refractivity contribution is -0.137. The van der Waals surface area contributed by atoms with Crippen LogP contribution in [0.4, 0.5) is 13.2 Å². The summed E-state index contributed by atoms with van der Waals surface area (Å²) in [6, 6.07) is 12.4. The number of oxazole rings is 1. The molecular weight excluding hydrogens is 469 g/mol. The molecule has 0 aliphatic rings. The summed E-state index contributed by atoms with van der Waals surface area (Å²) < 4.78 is 45.0. The maximum absolute atomic E-state index is 13.2. The molecule has 0 saturated heterocycles. The average Bonchev–Trinajstić information content (AvgIpc) is 3.23. The van der Waals surface area contributed by atoms with Crippen LogP contribution in [0.2, 0.25) is 5.02 Å². The zero-order valence-corrected chi connectivity index (χ0v) is 19.7. The second kappa shape index (κ2) is 11.5. The van der Waals surface area contributed by atoms with Crippen molar-refractivity contribution in [2.24, 2.45) is 0 Å². The number of hydrogen-bond donors (Lipinski definition) is 1. The lowest BCUT2D eigenvalue weighted by atomic mass is 10.1. The van der Waals surface area contributed by atoms with Crippen LogP contribution >= 0.6 is 11.6 Å². The number of nitrogens with zero attached hydrogens (tertiary/aromatic N) is 3. The number of hydrogen-bond acceptors (Lipinski definition) is 5. The second-order valence-corrected chi connectivity index (χ2v) is 8.53. The van der Waals surface area contributed by atoms with Gasteiger partial charge in [-0.2, -0.15) is 13.2 Å². The summed E-state index contributed by atoms with van der Waals surface area (Å²) in [4.78, 5) is 20.4. The number of amides is 1. The van der Waals surface area contributed by atoms with Gasteiger partial charge in [0.1, 0.15) is 6.26 Å². The molecule has 0 unspecified atom stereocenters. The molecule has 0 atom stereocenters. The molecular formula is C24H26ClF3N4O2. The van der Waals surface area contributed by atoms with Crippen LogP contribution in [0.15, 0.2) is 59.2 Å². The van der Waals surface area contributed by atoms with Crippen LogP contribution in [-0.4, -0.2) is 47.9 Å². The monoisotopic (exact) mass is 494 g/mol. The van der Waals surface area contributed by atoms with E-state index in [0.29, 0.717) is 30.2 Å². The summed E-state index contributed by atoms with van der Waals surface area (Å²) in [5.41, 5.74) is 0.723. The molecule has 0 fully saturated rings. The molecule has 1 N–H and O–H groups in total. The smallest absolute Gasteiger partial charge is 0.416 e. The highest BCUT2D eigenvalue weighted by molar-refractivity contribution is 6.31. The first-order valence-corrected chi connectivity index (χ1v) is 11.0. The number of rotatable bonds is 10. The summed E-state index contributed by atoms with van der Waals surface area (Å²) in [5.74, 6) is -0.0795. The van der Waals surface area contributed by atoms with E-state index in [9.17, 15) is 18.0 Å². The van der Waals surface area contributed by atoms with Gasteiger partial charge in [0.25, 0.3) is 5.91 Å². The minimum Gasteiger partial charge on any atom is -0.447 e. The molecule has 0 spiro atoms. The zero-order chi connectivity index (χ0) is 24.7. The van der Waals surface area contributed by atoms with Gasteiger partial charge in [0.05, 0.1) is 12.1 Å². The fraction of sp³-hybridized carbons (Fsp3) is 0.333. The van der Waals surface area contributed by atoms with Gasteiger partial charge in [-0.1, -0.05) is 48.0 Å². The number of aromatic nitrogens is 1. The first-order chi connectivity index (χ1) is 16.1. The third-order valence-corrected chi connectivity index (χ3v) is 5.37. The topological polar surface area (TPSA) is 61.6 Å². The first kappa shape index (κ1) is 25.7. The number of halogens is 4. The number of nitrogens with one attached hydrogen (secondary N) is 1. The summed E-state index contributed by atoms with van der Waals surface area (Å²) >= 11 is 6.30. The Morgan fingerprint density at radius 1 is 1.09 bits per heavy atom. The van der Waals surface area contributed by atoms with Crippen LogP contribution in [0, 0.1) is 0 Å². The van der Waals surface area contributed by atoms with Crippen LogP contribution < -0.4 is 5.32 Å². The molecule has 0 aliphatic heterocycles. The van der Waals surface area contributed by atoms with E-state index in [2.05, 4.69) is 10.3 Å². The highest BCUT2D eigenvalue weighted by Gasteiger charge is 2.30. The van der Waals surface area contributed by atoms with E-state index >= 15 is 0 Å². The molecule has 1 heterocycles. The molecule has 0 aliphatic carbocycles. The van der Waals surface area contributed by atoms with Crippen LogP contribution in [0.3, 0.4) is 0 Å². The Labute approximate surface area is 201 Å². The van der Waals surface area contributed by atoms with Crippen molar-refractivity contribution in [2.45, 2.75) is 25.8 Å². The van der Waals surface area contributed by atoms with Gasteiger partial charge in [-0.25, -0.2) is 4.98 Å². The molecule has 1 aromatic heterocycles. The van der Waals surface area contributed by atoms with Crippen LogP contribution in [0.5, 0.6) is 0 Å². The fourth-order valence-electron chi connectivity index (χ4n) is 3.30. The second-order valence-electron chi connectivity index (χ2n) is 8.12. The molecule has 10 heteroatoms. The van der Waals surface area contributed by atoms with Gasteiger partial charge in [0.2, 0.25) is 5.89 Å². The van der Waals surface area contributed by atoms with Gasteiger partial charge in [-0.05, 0) is 37.4 Å². The van der Waals surface area contributed by atoms with Gasteiger partial charge in [0, 0.05) is 31.2 Å². The van der Waals surface area contributed by atoms with E-state index in [4.69, 9.17) is 16.0 Å². The maximum Gasteiger partial charge on any atom is 0.416 e. The number of benzene rings is 2. The van der Waals surface area contributed by atoms with Crippen molar-refractivity contribution in [3.05, 3.63) is 88.1 Å². The Hall–Kier alpha value is -2.88. The standard InChI is InChI=1S/C24H26ClF3N4O2/c1-31(2)11-10-29-23(33)21-16-34-22(30-21)15-32(14-18-7-3-4-9-20(18)25)13-17-6-5-8-19(12-17)24(26,27)28/h3-9,12,16H,10-11,13-15H2,1-2H3,(H,29,33). The summed E-state index contributed by atoms with van der Waals surface area (Å²) in [7, 11) is 3.80. The zero-order valence-electron chi connectivity index (χ0n) is 18.9. The van der Waals surface area contributed by atoms with Crippen molar-refractivity contribution in [3.63, 3.8) is 0 Å². The minimum atomic E-state index is -4.43. The summed E-state index contributed by atoms with van der Waals surface area (Å²) in [6.07, 6.45) is -3.15. The van der Waals surface area contributed by atoms with Crippen molar-refractivity contribution in [2.75, 3.05) is 27.2 Å². The van der Waals surface area contributed by atoms with Crippen molar-refractivity contribution in [1.82, 2.24) is 20.1 Å². The van der Waals surface area contributed by atoms with Crippen molar-refractivity contribution < 1.29 is 22.4 Å². The van der Waals surface area contributed by atoms with Gasteiger partial charge in [-0.15, -0.1) is 0 Å². The molecule has 182 valence electrons. The Morgan fingerprint density at radius 2 is 1.85 bits per heavy atom. The van der Waals surface area contributed by atoms with Gasteiger partial charge in [-0.3, -0.25) is 9.69 Å². The van der Waals surface area contributed by atoms with E-state index in [0.717, 1.165) is 17.7 Å².